The van der Waals surface area contributed by atoms with Crippen LogP contribution in [0, 0.1) is 5.92 Å². The highest BCUT2D eigenvalue weighted by atomic mass is 16.2. The summed E-state index contributed by atoms with van der Waals surface area (Å²) >= 11 is 0. The van der Waals surface area contributed by atoms with Crippen LogP contribution in [0.15, 0.2) is 4.99 Å². The van der Waals surface area contributed by atoms with Gasteiger partial charge in [0.25, 0.3) is 0 Å². The molecule has 3 N–H and O–H groups in total. The molecule has 0 bridgehead atoms. The molecule has 2 fully saturated rings. The standard InChI is InChI=1S/C15H27N5O2/c1-16-13(21)9-11-5-7-20(8-6-11)15(17-2)18-10-14(22)19-12-3-4-12/h11-12H,3-10H2,1-2H3,(H,16,21)(H,17,18)(H,19,22). The summed E-state index contributed by atoms with van der Waals surface area (Å²) in [6.45, 7) is 2.00. The molecule has 1 saturated heterocycles. The Morgan fingerprint density at radius 3 is 2.36 bits per heavy atom. The molecular formula is C15H27N5O2. The summed E-state index contributed by atoms with van der Waals surface area (Å²) in [6.07, 6.45) is 4.74. The molecular weight excluding hydrogens is 282 g/mol. The summed E-state index contributed by atoms with van der Waals surface area (Å²) in [6, 6.07) is 0.386. The van der Waals surface area contributed by atoms with Gasteiger partial charge < -0.3 is 20.9 Å². The van der Waals surface area contributed by atoms with E-state index in [1.54, 1.807) is 14.1 Å². The number of hydrogen-bond donors (Lipinski definition) is 3. The lowest BCUT2D eigenvalue weighted by Gasteiger charge is -2.33. The van der Waals surface area contributed by atoms with Gasteiger partial charge in [-0.3, -0.25) is 14.6 Å². The Bertz CT molecular complexity index is 426. The normalized spacial score (nSPS) is 19.7. The number of likely N-dealkylation sites (tertiary alicyclic amines) is 1. The Labute approximate surface area is 131 Å². The maximum Gasteiger partial charge on any atom is 0.239 e. The molecule has 0 radical (unpaired) electrons. The molecule has 2 rings (SSSR count). The number of carbonyl (C=O) groups is 2. The fraction of sp³-hybridized carbons (Fsp3) is 0.800. The molecule has 22 heavy (non-hydrogen) atoms. The van der Waals surface area contributed by atoms with E-state index in [2.05, 4.69) is 25.8 Å². The number of piperidine rings is 1. The van der Waals surface area contributed by atoms with Crippen LogP contribution in [0.4, 0.5) is 0 Å². The van der Waals surface area contributed by atoms with Crippen molar-refractivity contribution in [2.24, 2.45) is 10.9 Å². The number of amides is 2. The molecule has 1 aliphatic heterocycles. The number of rotatable bonds is 5. The van der Waals surface area contributed by atoms with Crippen molar-refractivity contribution in [2.75, 3.05) is 33.7 Å². The zero-order chi connectivity index (χ0) is 15.9. The zero-order valence-electron chi connectivity index (χ0n) is 13.5. The van der Waals surface area contributed by atoms with E-state index in [4.69, 9.17) is 0 Å². The highest BCUT2D eigenvalue weighted by Gasteiger charge is 2.25. The molecule has 0 atom stereocenters. The Balaban J connectivity index is 1.70. The minimum atomic E-state index is 0.0261. The molecule has 7 nitrogen and oxygen atoms in total. The van der Waals surface area contributed by atoms with E-state index >= 15 is 0 Å². The molecule has 7 heteroatoms. The minimum Gasteiger partial charge on any atom is -0.359 e. The third-order valence-electron chi connectivity index (χ3n) is 4.23. The van der Waals surface area contributed by atoms with Crippen LogP contribution in [-0.2, 0) is 9.59 Å². The van der Waals surface area contributed by atoms with E-state index in [1.165, 1.54) is 0 Å². The van der Waals surface area contributed by atoms with Crippen molar-refractivity contribution < 1.29 is 9.59 Å². The first kappa shape index (κ1) is 16.6. The second-order valence-corrected chi connectivity index (χ2v) is 6.05. The summed E-state index contributed by atoms with van der Waals surface area (Å²) in [5, 5.41) is 8.75. The van der Waals surface area contributed by atoms with Crippen LogP contribution in [0.3, 0.4) is 0 Å². The van der Waals surface area contributed by atoms with Crippen molar-refractivity contribution in [3.05, 3.63) is 0 Å². The van der Waals surface area contributed by atoms with E-state index in [0.29, 0.717) is 18.4 Å². The summed E-state index contributed by atoms with van der Waals surface area (Å²) in [7, 11) is 3.41. The van der Waals surface area contributed by atoms with Gasteiger partial charge in [0.15, 0.2) is 5.96 Å². The van der Waals surface area contributed by atoms with Crippen molar-refractivity contribution >= 4 is 17.8 Å². The lowest BCUT2D eigenvalue weighted by molar-refractivity contribution is -0.122. The van der Waals surface area contributed by atoms with Gasteiger partial charge in [0, 0.05) is 39.6 Å². The van der Waals surface area contributed by atoms with Gasteiger partial charge in [0.05, 0.1) is 6.54 Å². The fourth-order valence-electron chi connectivity index (χ4n) is 2.71. The van der Waals surface area contributed by atoms with Crippen molar-refractivity contribution in [1.29, 1.82) is 0 Å². The maximum absolute atomic E-state index is 11.7. The van der Waals surface area contributed by atoms with Gasteiger partial charge in [0.1, 0.15) is 0 Å². The third kappa shape index (κ3) is 5.20. The predicted molar refractivity (Wildman–Crippen MR) is 85.5 cm³/mol. The molecule has 2 amide bonds. The summed E-state index contributed by atoms with van der Waals surface area (Å²) in [5.41, 5.74) is 0. The highest BCUT2D eigenvalue weighted by Crippen LogP contribution is 2.20. The Morgan fingerprint density at radius 2 is 1.82 bits per heavy atom. The Kier molecular flexibility index (Phi) is 6.03. The zero-order valence-corrected chi connectivity index (χ0v) is 13.5. The first-order valence-corrected chi connectivity index (χ1v) is 8.08. The topological polar surface area (TPSA) is 85.8 Å². The maximum atomic E-state index is 11.7. The molecule has 0 aromatic rings. The van der Waals surface area contributed by atoms with Crippen LogP contribution in [0.25, 0.3) is 0 Å². The monoisotopic (exact) mass is 309 g/mol. The van der Waals surface area contributed by atoms with Crippen LogP contribution in [0.2, 0.25) is 0 Å². The van der Waals surface area contributed by atoms with Crippen molar-refractivity contribution in [3.8, 4) is 0 Å². The van der Waals surface area contributed by atoms with E-state index in [0.717, 1.165) is 44.7 Å². The quantitative estimate of drug-likeness (QED) is 0.480. The van der Waals surface area contributed by atoms with E-state index in [-0.39, 0.29) is 18.4 Å². The molecule has 0 spiro atoms. The average molecular weight is 309 g/mol. The molecule has 0 aromatic heterocycles. The van der Waals surface area contributed by atoms with E-state index < -0.39 is 0 Å². The molecule has 0 unspecified atom stereocenters. The second kappa shape index (κ2) is 8.00. The fourth-order valence-corrected chi connectivity index (χ4v) is 2.71. The van der Waals surface area contributed by atoms with E-state index in [1.807, 2.05) is 0 Å². The average Bonchev–Trinajstić information content (AvgIpc) is 3.33. The van der Waals surface area contributed by atoms with Crippen LogP contribution in [0.5, 0.6) is 0 Å². The molecule has 1 saturated carbocycles. The van der Waals surface area contributed by atoms with Gasteiger partial charge in [-0.05, 0) is 31.6 Å². The number of guanidine groups is 1. The third-order valence-corrected chi connectivity index (χ3v) is 4.23. The van der Waals surface area contributed by atoms with Gasteiger partial charge in [-0.2, -0.15) is 0 Å². The SMILES string of the molecule is CN=C(NCC(=O)NC1CC1)N1CCC(CC(=O)NC)CC1. The molecule has 2 aliphatic rings. The summed E-state index contributed by atoms with van der Waals surface area (Å²) in [4.78, 5) is 29.5. The number of aliphatic imine (C=N–C) groups is 1. The van der Waals surface area contributed by atoms with Gasteiger partial charge in [0.2, 0.25) is 11.8 Å². The first-order valence-electron chi connectivity index (χ1n) is 8.08. The highest BCUT2D eigenvalue weighted by molar-refractivity contribution is 5.86. The number of nitrogens with zero attached hydrogens (tertiary/aromatic N) is 2. The van der Waals surface area contributed by atoms with Gasteiger partial charge in [-0.25, -0.2) is 0 Å². The van der Waals surface area contributed by atoms with Gasteiger partial charge in [-0.15, -0.1) is 0 Å². The van der Waals surface area contributed by atoms with Crippen LogP contribution < -0.4 is 16.0 Å². The predicted octanol–water partition coefficient (Wildman–Crippen LogP) is -0.311. The minimum absolute atomic E-state index is 0.0261. The second-order valence-electron chi connectivity index (χ2n) is 6.05. The first-order chi connectivity index (χ1) is 10.6. The Morgan fingerprint density at radius 1 is 1.14 bits per heavy atom. The van der Waals surface area contributed by atoms with Crippen LogP contribution in [0.1, 0.15) is 32.1 Å². The summed E-state index contributed by atoms with van der Waals surface area (Å²) in [5.74, 6) is 1.34. The number of carbonyl (C=O) groups excluding carboxylic acids is 2. The van der Waals surface area contributed by atoms with Crippen molar-refractivity contribution in [2.45, 2.75) is 38.1 Å². The number of hydrogen-bond acceptors (Lipinski definition) is 3. The van der Waals surface area contributed by atoms with Gasteiger partial charge in [-0.1, -0.05) is 0 Å². The number of nitrogens with one attached hydrogen (secondary N) is 3. The van der Waals surface area contributed by atoms with Crippen LogP contribution in [-0.4, -0.2) is 62.4 Å². The Hall–Kier alpha value is -1.79. The molecule has 1 aliphatic carbocycles. The van der Waals surface area contributed by atoms with E-state index in [9.17, 15) is 9.59 Å². The molecule has 1 heterocycles. The van der Waals surface area contributed by atoms with Crippen molar-refractivity contribution in [1.82, 2.24) is 20.9 Å². The van der Waals surface area contributed by atoms with Gasteiger partial charge >= 0.3 is 0 Å². The lowest BCUT2D eigenvalue weighted by Crippen LogP contribution is -2.48. The molecule has 124 valence electrons. The van der Waals surface area contributed by atoms with Crippen molar-refractivity contribution in [3.63, 3.8) is 0 Å². The van der Waals surface area contributed by atoms with Crippen LogP contribution >= 0.6 is 0 Å². The largest absolute Gasteiger partial charge is 0.359 e. The smallest absolute Gasteiger partial charge is 0.239 e. The lowest BCUT2D eigenvalue weighted by atomic mass is 9.93. The molecule has 0 aromatic carbocycles. The summed E-state index contributed by atoms with van der Waals surface area (Å²) < 4.78 is 0.